The lowest BCUT2D eigenvalue weighted by molar-refractivity contribution is 0.0953. The van der Waals surface area contributed by atoms with Crippen molar-refractivity contribution in [1.29, 1.82) is 0 Å². The van der Waals surface area contributed by atoms with Crippen molar-refractivity contribution < 1.29 is 19.1 Å². The van der Waals surface area contributed by atoms with Gasteiger partial charge in [0.05, 0.1) is 47.7 Å². The Bertz CT molecular complexity index is 1190. The highest BCUT2D eigenvalue weighted by Crippen LogP contribution is 2.39. The van der Waals surface area contributed by atoms with Crippen molar-refractivity contribution in [3.63, 3.8) is 0 Å². The Labute approximate surface area is 221 Å². The van der Waals surface area contributed by atoms with Crippen molar-refractivity contribution in [3.05, 3.63) is 52.1 Å². The summed E-state index contributed by atoms with van der Waals surface area (Å²) in [6.45, 7) is 11.9. The van der Waals surface area contributed by atoms with Gasteiger partial charge in [-0.15, -0.1) is 0 Å². The van der Waals surface area contributed by atoms with E-state index < -0.39 is 0 Å². The van der Waals surface area contributed by atoms with Crippen LogP contribution >= 0.6 is 16.1 Å². The summed E-state index contributed by atoms with van der Waals surface area (Å²) in [6, 6.07) is 7.41. The third-order valence-corrected chi connectivity index (χ3v) is 6.42. The fraction of sp³-hybridized carbons (Fsp3) is 0.444. The molecule has 2 N–H and O–H groups in total. The minimum absolute atomic E-state index is 0.0414. The zero-order valence-corrected chi connectivity index (χ0v) is 23.6. The quantitative estimate of drug-likeness (QED) is 0.423. The molecule has 0 saturated heterocycles. The van der Waals surface area contributed by atoms with Gasteiger partial charge in [-0.3, -0.25) is 9.59 Å². The monoisotopic (exact) mass is 558 g/mol. The molecule has 1 aliphatic heterocycles. The number of nitrogens with zero attached hydrogens (tertiary/aromatic N) is 2. The topological polar surface area (TPSA) is 92.3 Å². The van der Waals surface area contributed by atoms with Gasteiger partial charge in [0.2, 0.25) is 0 Å². The summed E-state index contributed by atoms with van der Waals surface area (Å²) in [6.07, 6.45) is 0. The summed E-state index contributed by atoms with van der Waals surface area (Å²) >= 11 is 3.23. The Morgan fingerprint density at radius 2 is 1.89 bits per heavy atom. The van der Waals surface area contributed by atoms with Gasteiger partial charge in [-0.2, -0.15) is 4.02 Å². The molecular weight excluding hydrogens is 524 g/mol. The van der Waals surface area contributed by atoms with Gasteiger partial charge >= 0.3 is 0 Å². The fourth-order valence-corrected chi connectivity index (χ4v) is 4.80. The van der Waals surface area contributed by atoms with E-state index in [0.717, 1.165) is 28.1 Å². The number of fused-ring (bicyclic) bond motifs is 1. The maximum atomic E-state index is 13.6. The molecule has 8 nitrogen and oxygen atoms in total. The average molecular weight is 560 g/mol. The number of carbonyl (C=O) groups is 2. The average Bonchev–Trinajstić information content (AvgIpc) is 3.17. The molecule has 0 aromatic heterocycles. The van der Waals surface area contributed by atoms with Crippen LogP contribution in [-0.4, -0.2) is 56.3 Å². The molecule has 0 bridgehead atoms. The molecule has 1 aliphatic rings. The molecule has 1 heterocycles. The summed E-state index contributed by atoms with van der Waals surface area (Å²) in [5.74, 6) is 1.58. The standard InChI is InChI=1S/C27H35BrN4O4/c1-8-30-21-11-16(10-20(24(21)35-7)27(3,4)5)22(33)15-32-14-17-12-23(36-9-2)19(26(34)29-6)13-18(17)25(32)31-28/h10-13,30H,8-9,14-15H2,1-7H3,(H,29,34)/b31-25-. The molecule has 0 unspecified atom stereocenters. The van der Waals surface area contributed by atoms with Gasteiger partial charge in [0, 0.05) is 36.8 Å². The molecule has 2 aromatic rings. The molecule has 0 radical (unpaired) electrons. The minimum Gasteiger partial charge on any atom is -0.494 e. The molecule has 3 rings (SSSR count). The number of methoxy groups -OCH3 is 1. The van der Waals surface area contributed by atoms with E-state index in [1.807, 2.05) is 36.9 Å². The summed E-state index contributed by atoms with van der Waals surface area (Å²) in [4.78, 5) is 27.9. The summed E-state index contributed by atoms with van der Waals surface area (Å²) < 4.78 is 15.7. The number of Topliss-reactive ketones (excluding diaryl/α,β-unsaturated/α-hetero) is 1. The maximum Gasteiger partial charge on any atom is 0.254 e. The second-order valence-electron chi connectivity index (χ2n) is 9.59. The number of rotatable bonds is 9. The fourth-order valence-electron chi connectivity index (χ4n) is 4.38. The van der Waals surface area contributed by atoms with Crippen LogP contribution in [0.5, 0.6) is 11.5 Å². The van der Waals surface area contributed by atoms with Crippen molar-refractivity contribution >= 4 is 39.4 Å². The number of ketones is 1. The molecule has 0 saturated carbocycles. The van der Waals surface area contributed by atoms with Crippen LogP contribution in [0, 0.1) is 0 Å². The van der Waals surface area contributed by atoms with Crippen molar-refractivity contribution in [2.75, 3.05) is 39.2 Å². The third-order valence-electron chi connectivity index (χ3n) is 6.08. The van der Waals surface area contributed by atoms with Gasteiger partial charge in [0.25, 0.3) is 5.91 Å². The van der Waals surface area contributed by atoms with Gasteiger partial charge in [-0.25, -0.2) is 0 Å². The van der Waals surface area contributed by atoms with Gasteiger partial charge < -0.3 is 25.0 Å². The lowest BCUT2D eigenvalue weighted by atomic mass is 9.84. The molecule has 0 aliphatic carbocycles. The van der Waals surface area contributed by atoms with Crippen LogP contribution in [0.3, 0.4) is 0 Å². The first-order chi connectivity index (χ1) is 17.1. The first kappa shape index (κ1) is 27.5. The number of hydrogen-bond donors (Lipinski definition) is 2. The highest BCUT2D eigenvalue weighted by Gasteiger charge is 2.31. The third kappa shape index (κ3) is 5.51. The molecule has 1 amide bonds. The predicted octanol–water partition coefficient (Wildman–Crippen LogP) is 4.94. The van der Waals surface area contributed by atoms with Crippen LogP contribution in [0.15, 0.2) is 28.3 Å². The molecule has 0 atom stereocenters. The molecular formula is C27H35BrN4O4. The highest BCUT2D eigenvalue weighted by atomic mass is 79.9. The van der Waals surface area contributed by atoms with E-state index in [1.165, 1.54) is 0 Å². The van der Waals surface area contributed by atoms with E-state index in [4.69, 9.17) is 9.47 Å². The van der Waals surface area contributed by atoms with Gasteiger partial charge in [-0.05, 0) is 49.1 Å². The van der Waals surface area contributed by atoms with Crippen molar-refractivity contribution in [2.45, 2.75) is 46.6 Å². The number of amides is 1. The molecule has 0 spiro atoms. The highest BCUT2D eigenvalue weighted by molar-refractivity contribution is 9.08. The van der Waals surface area contributed by atoms with Gasteiger partial charge in [-0.1, -0.05) is 20.8 Å². The van der Waals surface area contributed by atoms with Crippen molar-refractivity contribution in [1.82, 2.24) is 10.2 Å². The Kier molecular flexibility index (Phi) is 8.66. The van der Waals surface area contributed by atoms with E-state index >= 15 is 0 Å². The Hall–Kier alpha value is -3.07. The normalized spacial score (nSPS) is 14.0. The number of anilines is 1. The van der Waals surface area contributed by atoms with Crippen LogP contribution in [0.25, 0.3) is 0 Å². The number of carbonyl (C=O) groups excluding carboxylic acids is 2. The Morgan fingerprint density at radius 3 is 2.44 bits per heavy atom. The summed E-state index contributed by atoms with van der Waals surface area (Å²) in [5.41, 5.74) is 4.30. The number of nitrogens with one attached hydrogen (secondary N) is 2. The maximum absolute atomic E-state index is 13.6. The lowest BCUT2D eigenvalue weighted by Crippen LogP contribution is -2.31. The van der Waals surface area contributed by atoms with Crippen LogP contribution in [0.1, 0.15) is 72.0 Å². The number of benzene rings is 2. The van der Waals surface area contributed by atoms with E-state index in [2.05, 4.69) is 51.6 Å². The number of ether oxygens (including phenoxy) is 2. The predicted molar refractivity (Wildman–Crippen MR) is 147 cm³/mol. The van der Waals surface area contributed by atoms with Crippen LogP contribution in [0.2, 0.25) is 0 Å². The largest absolute Gasteiger partial charge is 0.494 e. The molecule has 0 fully saturated rings. The summed E-state index contributed by atoms with van der Waals surface area (Å²) in [5, 5.41) is 5.99. The van der Waals surface area contributed by atoms with E-state index in [9.17, 15) is 9.59 Å². The molecule has 36 heavy (non-hydrogen) atoms. The van der Waals surface area contributed by atoms with Crippen molar-refractivity contribution in [2.24, 2.45) is 4.02 Å². The number of amidine groups is 1. The lowest BCUT2D eigenvalue weighted by Gasteiger charge is -2.26. The van der Waals surface area contributed by atoms with Crippen LogP contribution in [-0.2, 0) is 12.0 Å². The van der Waals surface area contributed by atoms with Gasteiger partial charge in [0.15, 0.2) is 5.78 Å². The summed E-state index contributed by atoms with van der Waals surface area (Å²) in [7, 11) is 3.23. The Balaban J connectivity index is 1.98. The van der Waals surface area contributed by atoms with Gasteiger partial charge in [0.1, 0.15) is 17.3 Å². The molecule has 9 heteroatoms. The van der Waals surface area contributed by atoms with E-state index in [1.54, 1.807) is 20.2 Å². The van der Waals surface area contributed by atoms with E-state index in [-0.39, 0.29) is 23.7 Å². The molecule has 2 aromatic carbocycles. The van der Waals surface area contributed by atoms with Crippen LogP contribution in [0.4, 0.5) is 5.69 Å². The molecule has 194 valence electrons. The first-order valence-electron chi connectivity index (χ1n) is 12.0. The second-order valence-corrected chi connectivity index (χ2v) is 9.94. The first-order valence-corrected chi connectivity index (χ1v) is 12.8. The van der Waals surface area contributed by atoms with Crippen LogP contribution < -0.4 is 20.1 Å². The second kappa shape index (κ2) is 11.3. The minimum atomic E-state index is -0.242. The Morgan fingerprint density at radius 1 is 1.17 bits per heavy atom. The zero-order chi connectivity index (χ0) is 26.6. The number of hydrogen-bond acceptors (Lipinski definition) is 6. The van der Waals surface area contributed by atoms with Crippen molar-refractivity contribution in [3.8, 4) is 11.5 Å². The SMILES string of the molecule is CCNc1cc(C(=O)CN2Cc3cc(OCC)c(C(=O)NC)cc3/C2=N/Br)cc(C(C)(C)C)c1OC. The number of halogens is 1. The zero-order valence-electron chi connectivity index (χ0n) is 22.0. The smallest absolute Gasteiger partial charge is 0.254 e. The van der Waals surface area contributed by atoms with E-state index in [0.29, 0.717) is 42.4 Å².